The maximum Gasteiger partial charge on any atom is 0.417 e. The fourth-order valence-electron chi connectivity index (χ4n) is 2.83. The molecule has 0 amide bonds. The predicted molar refractivity (Wildman–Crippen MR) is 86.6 cm³/mol. The van der Waals surface area contributed by atoms with Gasteiger partial charge in [0.2, 0.25) is 0 Å². The van der Waals surface area contributed by atoms with Gasteiger partial charge in [-0.15, -0.1) is 0 Å². The van der Waals surface area contributed by atoms with Crippen LogP contribution < -0.4 is 14.5 Å². The molecule has 0 aliphatic carbocycles. The zero-order valence-electron chi connectivity index (χ0n) is 13.6. The van der Waals surface area contributed by atoms with Crippen molar-refractivity contribution in [3.8, 4) is 5.75 Å². The maximum atomic E-state index is 13.3. The third-order valence-corrected chi connectivity index (χ3v) is 4.16. The van der Waals surface area contributed by atoms with Gasteiger partial charge in [0.15, 0.2) is 0 Å². The highest BCUT2D eigenvalue weighted by Gasteiger charge is 2.31. The van der Waals surface area contributed by atoms with Crippen LogP contribution in [0.25, 0.3) is 0 Å². The Morgan fingerprint density at radius 2 is 1.68 bits per heavy atom. The maximum absolute atomic E-state index is 13.3. The van der Waals surface area contributed by atoms with E-state index < -0.39 is 11.7 Å². The van der Waals surface area contributed by atoms with Crippen molar-refractivity contribution < 1.29 is 22.3 Å². The molecule has 1 aromatic carbocycles. The Morgan fingerprint density at radius 3 is 2.24 bits per heavy atom. The van der Waals surface area contributed by atoms with Crippen molar-refractivity contribution in [3.63, 3.8) is 0 Å². The first-order chi connectivity index (χ1) is 11.9. The van der Waals surface area contributed by atoms with E-state index in [9.17, 15) is 17.6 Å². The van der Waals surface area contributed by atoms with Gasteiger partial charge in [-0.25, -0.2) is 9.37 Å². The Labute approximate surface area is 142 Å². The molecule has 1 aromatic heterocycles. The molecular weight excluding hydrogens is 338 g/mol. The molecule has 0 N–H and O–H groups in total. The number of ether oxygens (including phenoxy) is 1. The number of pyridine rings is 1. The second-order valence-electron chi connectivity index (χ2n) is 5.69. The minimum Gasteiger partial charge on any atom is -0.494 e. The number of hydrogen-bond donors (Lipinski definition) is 0. The Morgan fingerprint density at radius 1 is 1.00 bits per heavy atom. The van der Waals surface area contributed by atoms with Crippen molar-refractivity contribution in [3.05, 3.63) is 47.9 Å². The largest absolute Gasteiger partial charge is 0.494 e. The smallest absolute Gasteiger partial charge is 0.417 e. The van der Waals surface area contributed by atoms with Crippen molar-refractivity contribution in [2.24, 2.45) is 0 Å². The average Bonchev–Trinajstić information content (AvgIpc) is 2.61. The van der Waals surface area contributed by atoms with Crippen molar-refractivity contribution in [1.82, 2.24) is 4.98 Å². The van der Waals surface area contributed by atoms with Crippen molar-refractivity contribution in [1.29, 1.82) is 0 Å². The highest BCUT2D eigenvalue weighted by molar-refractivity contribution is 5.59. The lowest BCUT2D eigenvalue weighted by molar-refractivity contribution is -0.137. The number of alkyl halides is 3. The van der Waals surface area contributed by atoms with E-state index in [1.807, 2.05) is 4.90 Å². The number of hydrogen-bond acceptors (Lipinski definition) is 4. The van der Waals surface area contributed by atoms with Gasteiger partial charge in [0.1, 0.15) is 17.4 Å². The normalized spacial score (nSPS) is 15.4. The number of anilines is 2. The molecule has 0 atom stereocenters. The lowest BCUT2D eigenvalue weighted by atomic mass is 10.2. The Bertz CT molecular complexity index is 726. The summed E-state index contributed by atoms with van der Waals surface area (Å²) < 4.78 is 56.3. The molecule has 0 spiro atoms. The topological polar surface area (TPSA) is 28.6 Å². The molecule has 4 nitrogen and oxygen atoms in total. The zero-order valence-corrected chi connectivity index (χ0v) is 13.6. The van der Waals surface area contributed by atoms with E-state index in [1.54, 1.807) is 6.07 Å². The van der Waals surface area contributed by atoms with Crippen LogP contribution in [0.15, 0.2) is 36.5 Å². The molecule has 1 aliphatic rings. The molecule has 2 aromatic rings. The van der Waals surface area contributed by atoms with Gasteiger partial charge < -0.3 is 14.5 Å². The van der Waals surface area contributed by atoms with Crippen LogP contribution in [0.2, 0.25) is 0 Å². The fourth-order valence-corrected chi connectivity index (χ4v) is 2.83. The monoisotopic (exact) mass is 355 g/mol. The zero-order chi connectivity index (χ0) is 18.0. The van der Waals surface area contributed by atoms with Crippen LogP contribution >= 0.6 is 0 Å². The summed E-state index contributed by atoms with van der Waals surface area (Å²) in [6.45, 7) is 2.45. The summed E-state index contributed by atoms with van der Waals surface area (Å²) in [4.78, 5) is 7.90. The Hall–Kier alpha value is -2.51. The lowest BCUT2D eigenvalue weighted by Gasteiger charge is -2.37. The van der Waals surface area contributed by atoms with E-state index in [-0.39, 0.29) is 5.82 Å². The molecule has 1 saturated heterocycles. The number of halogens is 4. The second-order valence-corrected chi connectivity index (χ2v) is 5.69. The third kappa shape index (κ3) is 3.78. The van der Waals surface area contributed by atoms with E-state index >= 15 is 0 Å². The summed E-state index contributed by atoms with van der Waals surface area (Å²) in [7, 11) is 1.49. The molecule has 1 aliphatic heterocycles. The minimum absolute atomic E-state index is 0.367. The standard InChI is InChI=1S/C17H17F4N3O/c1-25-15-10-13(18)3-4-14(15)23-6-8-24(9-7-23)16-5-2-12(11-22-16)17(19,20)21/h2-5,10-11H,6-9H2,1H3. The predicted octanol–water partition coefficient (Wildman–Crippen LogP) is 3.57. The minimum atomic E-state index is -4.39. The molecule has 2 heterocycles. The molecule has 3 rings (SSSR count). The number of piperazine rings is 1. The number of rotatable bonds is 3. The first-order valence-corrected chi connectivity index (χ1v) is 7.75. The van der Waals surface area contributed by atoms with Crippen LogP contribution in [0, 0.1) is 5.82 Å². The molecule has 0 saturated carbocycles. The summed E-state index contributed by atoms with van der Waals surface area (Å²) in [6.07, 6.45) is -3.53. The first-order valence-electron chi connectivity index (χ1n) is 7.75. The van der Waals surface area contributed by atoms with Crippen LogP contribution in [0.5, 0.6) is 5.75 Å². The van der Waals surface area contributed by atoms with Crippen molar-refractivity contribution in [2.75, 3.05) is 43.1 Å². The third-order valence-electron chi connectivity index (χ3n) is 4.16. The van der Waals surface area contributed by atoms with Gasteiger partial charge in [-0.1, -0.05) is 0 Å². The van der Waals surface area contributed by atoms with Crippen LogP contribution in [-0.4, -0.2) is 38.3 Å². The second kappa shape index (κ2) is 6.78. The highest BCUT2D eigenvalue weighted by Crippen LogP contribution is 2.31. The molecule has 134 valence electrons. The number of nitrogens with zero attached hydrogens (tertiary/aromatic N) is 3. The van der Waals surface area contributed by atoms with Gasteiger partial charge in [0.25, 0.3) is 0 Å². The van der Waals surface area contributed by atoms with Crippen LogP contribution in [0.3, 0.4) is 0 Å². The van der Waals surface area contributed by atoms with Gasteiger partial charge >= 0.3 is 6.18 Å². The molecule has 8 heteroatoms. The summed E-state index contributed by atoms with van der Waals surface area (Å²) >= 11 is 0. The molecule has 0 bridgehead atoms. The number of benzene rings is 1. The quantitative estimate of drug-likeness (QED) is 0.787. The van der Waals surface area contributed by atoms with Gasteiger partial charge in [-0.3, -0.25) is 0 Å². The van der Waals surface area contributed by atoms with Crippen molar-refractivity contribution in [2.45, 2.75) is 6.18 Å². The van der Waals surface area contributed by atoms with E-state index in [2.05, 4.69) is 9.88 Å². The first kappa shape index (κ1) is 17.3. The van der Waals surface area contributed by atoms with Crippen molar-refractivity contribution >= 4 is 11.5 Å². The van der Waals surface area contributed by atoms with E-state index in [1.165, 1.54) is 25.3 Å². The summed E-state index contributed by atoms with van der Waals surface area (Å²) in [5, 5.41) is 0. The van der Waals surface area contributed by atoms with Crippen LogP contribution in [0.1, 0.15) is 5.56 Å². The van der Waals surface area contributed by atoms with Crippen LogP contribution in [0.4, 0.5) is 29.1 Å². The number of aromatic nitrogens is 1. The van der Waals surface area contributed by atoms with E-state index in [0.717, 1.165) is 18.0 Å². The SMILES string of the molecule is COc1cc(F)ccc1N1CCN(c2ccc(C(F)(F)F)cn2)CC1. The molecule has 0 radical (unpaired) electrons. The van der Waals surface area contributed by atoms with Gasteiger partial charge in [0.05, 0.1) is 18.4 Å². The average molecular weight is 355 g/mol. The molecule has 25 heavy (non-hydrogen) atoms. The summed E-state index contributed by atoms with van der Waals surface area (Å²) in [6, 6.07) is 6.80. The van der Waals surface area contributed by atoms with E-state index in [0.29, 0.717) is 37.7 Å². The summed E-state index contributed by atoms with van der Waals surface area (Å²) in [5.74, 6) is 0.605. The number of methoxy groups -OCH3 is 1. The molecular formula is C17H17F4N3O. The fraction of sp³-hybridized carbons (Fsp3) is 0.353. The van der Waals surface area contributed by atoms with E-state index in [4.69, 9.17) is 4.74 Å². The van der Waals surface area contributed by atoms with Gasteiger partial charge in [0, 0.05) is 38.4 Å². The Kier molecular flexibility index (Phi) is 4.69. The van der Waals surface area contributed by atoms with Gasteiger partial charge in [-0.2, -0.15) is 13.2 Å². The molecule has 1 fully saturated rings. The summed E-state index contributed by atoms with van der Waals surface area (Å²) in [5.41, 5.74) is 0.0369. The molecule has 0 unspecified atom stereocenters. The lowest BCUT2D eigenvalue weighted by Crippen LogP contribution is -2.47. The van der Waals surface area contributed by atoms with Crippen LogP contribution in [-0.2, 0) is 6.18 Å². The Balaban J connectivity index is 1.68. The highest BCUT2D eigenvalue weighted by atomic mass is 19.4. The van der Waals surface area contributed by atoms with Gasteiger partial charge in [-0.05, 0) is 24.3 Å².